The topological polar surface area (TPSA) is 32.7 Å². The quantitative estimate of drug-likeness (QED) is 0.750. The zero-order chi connectivity index (χ0) is 16.7. The molecule has 0 bridgehead atoms. The second kappa shape index (κ2) is 6.14. The van der Waals surface area contributed by atoms with Crippen LogP contribution in [0, 0.1) is 11.8 Å². The first-order valence-electron chi connectivity index (χ1n) is 9.01. The van der Waals surface area contributed by atoms with Crippen LogP contribution in [0.1, 0.15) is 47.1 Å². The average Bonchev–Trinajstić information content (AvgIpc) is 2.77. The van der Waals surface area contributed by atoms with E-state index in [4.69, 9.17) is 0 Å². The fourth-order valence-electron chi connectivity index (χ4n) is 4.71. The van der Waals surface area contributed by atoms with Gasteiger partial charge in [0.2, 0.25) is 0 Å². The summed E-state index contributed by atoms with van der Waals surface area (Å²) in [6.45, 7) is 6.43. The number of benzene rings is 2. The SMILES string of the molecule is CCN1CCc2cc(C)c(N=O)cc2[C@H]2c3ccccc3CC[C@@H]21. The standard InChI is InChI=1S/C21H24N2O/c1-3-23-11-10-16-12-14(2)19(22-24)13-18(16)21-17-7-5-4-6-15(17)8-9-20(21)23/h4-7,12-13,20-21H,3,8-11H2,1-2H3/t20-,21+/m0/s1. The van der Waals surface area contributed by atoms with Crippen molar-refractivity contribution >= 4 is 5.69 Å². The van der Waals surface area contributed by atoms with Crippen LogP contribution >= 0.6 is 0 Å². The molecule has 0 amide bonds. The number of hydrogen-bond donors (Lipinski definition) is 0. The van der Waals surface area contributed by atoms with Gasteiger partial charge in [0.25, 0.3) is 0 Å². The zero-order valence-electron chi connectivity index (χ0n) is 14.5. The molecule has 3 nitrogen and oxygen atoms in total. The summed E-state index contributed by atoms with van der Waals surface area (Å²) in [6, 6.07) is 13.6. The molecule has 124 valence electrons. The monoisotopic (exact) mass is 320 g/mol. The van der Waals surface area contributed by atoms with Crippen molar-refractivity contribution in [2.75, 3.05) is 13.1 Å². The third-order valence-corrected chi connectivity index (χ3v) is 5.92. The van der Waals surface area contributed by atoms with E-state index < -0.39 is 0 Å². The Kier molecular flexibility index (Phi) is 3.97. The Balaban J connectivity index is 1.94. The molecule has 1 aliphatic carbocycles. The largest absolute Gasteiger partial charge is 0.299 e. The van der Waals surface area contributed by atoms with Crippen molar-refractivity contribution in [3.8, 4) is 0 Å². The Hall–Kier alpha value is -2.00. The molecule has 0 aromatic heterocycles. The summed E-state index contributed by atoms with van der Waals surface area (Å²) >= 11 is 0. The van der Waals surface area contributed by atoms with E-state index in [1.165, 1.54) is 28.7 Å². The predicted molar refractivity (Wildman–Crippen MR) is 98.0 cm³/mol. The van der Waals surface area contributed by atoms with Gasteiger partial charge in [-0.05, 0) is 71.8 Å². The number of aryl methyl sites for hydroxylation is 2. The molecule has 0 spiro atoms. The van der Waals surface area contributed by atoms with Crippen molar-refractivity contribution in [3.63, 3.8) is 0 Å². The van der Waals surface area contributed by atoms with E-state index in [2.05, 4.69) is 53.4 Å². The van der Waals surface area contributed by atoms with Crippen molar-refractivity contribution in [3.05, 3.63) is 69.1 Å². The molecule has 24 heavy (non-hydrogen) atoms. The molecule has 4 rings (SSSR count). The van der Waals surface area contributed by atoms with Crippen LogP contribution < -0.4 is 0 Å². The second-order valence-corrected chi connectivity index (χ2v) is 7.09. The van der Waals surface area contributed by atoms with Crippen molar-refractivity contribution in [2.24, 2.45) is 5.18 Å². The first-order chi connectivity index (χ1) is 11.7. The van der Waals surface area contributed by atoms with Crippen LogP contribution in [0.2, 0.25) is 0 Å². The van der Waals surface area contributed by atoms with E-state index in [1.54, 1.807) is 0 Å². The maximum absolute atomic E-state index is 11.3. The first-order valence-corrected chi connectivity index (χ1v) is 9.01. The van der Waals surface area contributed by atoms with Gasteiger partial charge in [-0.25, -0.2) is 0 Å². The van der Waals surface area contributed by atoms with Gasteiger partial charge in [0.05, 0.1) is 0 Å². The van der Waals surface area contributed by atoms with Crippen LogP contribution in [0.3, 0.4) is 0 Å². The van der Waals surface area contributed by atoms with E-state index in [-0.39, 0.29) is 0 Å². The van der Waals surface area contributed by atoms with Crippen LogP contribution in [0.25, 0.3) is 0 Å². The second-order valence-electron chi connectivity index (χ2n) is 7.09. The minimum atomic E-state index is 0.355. The molecule has 1 aliphatic heterocycles. The van der Waals surface area contributed by atoms with Gasteiger partial charge in [-0.3, -0.25) is 4.90 Å². The van der Waals surface area contributed by atoms with Gasteiger partial charge in [-0.2, -0.15) is 0 Å². The summed E-state index contributed by atoms with van der Waals surface area (Å²) < 4.78 is 0. The fraction of sp³-hybridized carbons (Fsp3) is 0.429. The molecular weight excluding hydrogens is 296 g/mol. The molecule has 0 radical (unpaired) electrons. The molecule has 3 heteroatoms. The lowest BCUT2D eigenvalue weighted by molar-refractivity contribution is 0.182. The number of nitrogens with zero attached hydrogens (tertiary/aromatic N) is 2. The maximum atomic E-state index is 11.3. The molecule has 0 saturated heterocycles. The highest BCUT2D eigenvalue weighted by molar-refractivity contribution is 5.56. The van der Waals surface area contributed by atoms with Crippen LogP contribution in [0.4, 0.5) is 5.69 Å². The van der Waals surface area contributed by atoms with Crippen molar-refractivity contribution < 1.29 is 0 Å². The minimum Gasteiger partial charge on any atom is -0.299 e. The molecule has 2 aromatic carbocycles. The Morgan fingerprint density at radius 3 is 2.75 bits per heavy atom. The highest BCUT2D eigenvalue weighted by Crippen LogP contribution is 2.44. The molecule has 2 aliphatic rings. The van der Waals surface area contributed by atoms with Gasteiger partial charge in [-0.1, -0.05) is 37.3 Å². The fourth-order valence-corrected chi connectivity index (χ4v) is 4.71. The Bertz CT molecular complexity index is 783. The summed E-state index contributed by atoms with van der Waals surface area (Å²) in [6.07, 6.45) is 3.39. The molecule has 0 saturated carbocycles. The van der Waals surface area contributed by atoms with E-state index in [9.17, 15) is 4.91 Å². The van der Waals surface area contributed by atoms with Crippen molar-refractivity contribution in [1.29, 1.82) is 0 Å². The van der Waals surface area contributed by atoms with E-state index >= 15 is 0 Å². The number of rotatable bonds is 2. The van der Waals surface area contributed by atoms with Gasteiger partial charge in [0, 0.05) is 18.5 Å². The maximum Gasteiger partial charge on any atom is 0.111 e. The summed E-state index contributed by atoms with van der Waals surface area (Å²) in [5.74, 6) is 0.355. The van der Waals surface area contributed by atoms with Gasteiger partial charge in [0.1, 0.15) is 5.69 Å². The average molecular weight is 320 g/mol. The highest BCUT2D eigenvalue weighted by atomic mass is 16.3. The normalized spacial score (nSPS) is 22.9. The molecule has 0 N–H and O–H groups in total. The Morgan fingerprint density at radius 1 is 1.12 bits per heavy atom. The molecule has 0 fully saturated rings. The van der Waals surface area contributed by atoms with Crippen LogP contribution in [0.15, 0.2) is 41.6 Å². The summed E-state index contributed by atoms with van der Waals surface area (Å²) in [5, 5.41) is 3.28. The van der Waals surface area contributed by atoms with Gasteiger partial charge in [0.15, 0.2) is 0 Å². The van der Waals surface area contributed by atoms with Crippen LogP contribution in [-0.2, 0) is 12.8 Å². The summed E-state index contributed by atoms with van der Waals surface area (Å²) in [7, 11) is 0. The lowest BCUT2D eigenvalue weighted by Crippen LogP contribution is -2.42. The first kappa shape index (κ1) is 15.5. The van der Waals surface area contributed by atoms with E-state index in [0.29, 0.717) is 17.6 Å². The number of likely N-dealkylation sites (N-methyl/N-ethyl adjacent to an activating group) is 1. The van der Waals surface area contributed by atoms with Crippen LogP contribution in [0.5, 0.6) is 0 Å². The van der Waals surface area contributed by atoms with Crippen molar-refractivity contribution in [1.82, 2.24) is 4.90 Å². The zero-order valence-corrected chi connectivity index (χ0v) is 14.5. The molecule has 0 unspecified atom stereocenters. The number of hydrogen-bond acceptors (Lipinski definition) is 3. The molecular formula is C21H24N2O. The van der Waals surface area contributed by atoms with Gasteiger partial charge in [-0.15, -0.1) is 4.91 Å². The predicted octanol–water partition coefficient (Wildman–Crippen LogP) is 4.72. The van der Waals surface area contributed by atoms with Crippen molar-refractivity contribution in [2.45, 2.75) is 45.1 Å². The highest BCUT2D eigenvalue weighted by Gasteiger charge is 2.37. The number of nitroso groups, excluding NO2 is 1. The molecule has 2 aromatic rings. The molecule has 2 atom stereocenters. The van der Waals surface area contributed by atoms with Gasteiger partial charge >= 0.3 is 0 Å². The lowest BCUT2D eigenvalue weighted by atomic mass is 9.74. The Labute approximate surface area is 143 Å². The Morgan fingerprint density at radius 2 is 1.96 bits per heavy atom. The smallest absolute Gasteiger partial charge is 0.111 e. The molecule has 1 heterocycles. The third kappa shape index (κ3) is 2.39. The third-order valence-electron chi connectivity index (χ3n) is 5.92. The van der Waals surface area contributed by atoms with Crippen LogP contribution in [-0.4, -0.2) is 24.0 Å². The van der Waals surface area contributed by atoms with Gasteiger partial charge < -0.3 is 0 Å². The van der Waals surface area contributed by atoms with E-state index in [1.807, 2.05) is 6.92 Å². The minimum absolute atomic E-state index is 0.355. The lowest BCUT2D eigenvalue weighted by Gasteiger charge is -2.39. The summed E-state index contributed by atoms with van der Waals surface area (Å²) in [5.41, 5.74) is 7.21. The van der Waals surface area contributed by atoms with E-state index in [0.717, 1.165) is 31.5 Å². The number of fused-ring (bicyclic) bond motifs is 5. The summed E-state index contributed by atoms with van der Waals surface area (Å²) in [4.78, 5) is 13.9.